The number of ether oxygens (including phenoxy) is 1. The second-order valence-corrected chi connectivity index (χ2v) is 7.08. The second kappa shape index (κ2) is 8.58. The molecule has 0 unspecified atom stereocenters. The molecule has 8 heteroatoms. The minimum atomic E-state index is -0.513. The summed E-state index contributed by atoms with van der Waals surface area (Å²) in [6.07, 6.45) is -0.00433. The lowest BCUT2D eigenvalue weighted by Gasteiger charge is -2.35. The molecule has 1 aromatic carbocycles. The van der Waals surface area contributed by atoms with Gasteiger partial charge in [-0.2, -0.15) is 0 Å². The fourth-order valence-electron chi connectivity index (χ4n) is 2.53. The molecular weight excluding hydrogens is 334 g/mol. The van der Waals surface area contributed by atoms with Crippen LogP contribution in [0.4, 0.5) is 10.5 Å². The van der Waals surface area contributed by atoms with E-state index in [2.05, 4.69) is 15.1 Å². The van der Waals surface area contributed by atoms with E-state index >= 15 is 0 Å². The van der Waals surface area contributed by atoms with Crippen molar-refractivity contribution >= 4 is 17.7 Å². The molecule has 1 aliphatic heterocycles. The smallest absolute Gasteiger partial charge is 0.410 e. The lowest BCUT2D eigenvalue weighted by Crippen LogP contribution is -2.51. The fourth-order valence-corrected chi connectivity index (χ4v) is 2.53. The maximum Gasteiger partial charge on any atom is 0.410 e. The van der Waals surface area contributed by atoms with Gasteiger partial charge in [-0.25, -0.2) is 4.79 Å². The van der Waals surface area contributed by atoms with Crippen LogP contribution in [0, 0.1) is 0 Å². The molecule has 1 fully saturated rings. The van der Waals surface area contributed by atoms with Crippen molar-refractivity contribution in [3.05, 3.63) is 29.8 Å². The molecule has 0 saturated carbocycles. The minimum Gasteiger partial charge on any atom is -0.444 e. The van der Waals surface area contributed by atoms with Crippen LogP contribution in [0.15, 0.2) is 34.5 Å². The molecule has 1 saturated heterocycles. The van der Waals surface area contributed by atoms with Crippen molar-refractivity contribution in [1.82, 2.24) is 14.7 Å². The van der Waals surface area contributed by atoms with Crippen molar-refractivity contribution < 1.29 is 14.3 Å². The highest BCUT2D eigenvalue weighted by Gasteiger charge is 2.27. The monoisotopic (exact) mass is 360 g/mol. The Morgan fingerprint density at radius 3 is 2.19 bits per heavy atom. The van der Waals surface area contributed by atoms with Crippen molar-refractivity contribution in [2.45, 2.75) is 32.8 Å². The predicted octanol–water partition coefficient (Wildman–Crippen LogP) is 2.54. The lowest BCUT2D eigenvalue weighted by molar-refractivity contribution is -0.132. The number of hydrogen-bond donors (Lipinski definition) is 0. The molecule has 140 valence electrons. The summed E-state index contributed by atoms with van der Waals surface area (Å²) in [5, 5.41) is 7.46. The minimum absolute atomic E-state index is 0.0479. The first-order chi connectivity index (χ1) is 12.3. The number of rotatable bonds is 3. The van der Waals surface area contributed by atoms with Crippen molar-refractivity contribution in [1.29, 1.82) is 0 Å². The van der Waals surface area contributed by atoms with Gasteiger partial charge in [0.05, 0.1) is 6.42 Å². The normalized spacial score (nSPS) is 14.5. The molecule has 1 aliphatic rings. The molecule has 0 aromatic heterocycles. The second-order valence-electron chi connectivity index (χ2n) is 7.08. The van der Waals surface area contributed by atoms with Gasteiger partial charge in [-0.3, -0.25) is 4.79 Å². The SMILES string of the molecule is CN=[N+]=Nc1ccc(CC(=O)N2CCN(C(=O)OC(C)(C)C)CC2)cc1. The van der Waals surface area contributed by atoms with Crippen LogP contribution in [0.1, 0.15) is 26.3 Å². The zero-order valence-electron chi connectivity index (χ0n) is 15.8. The summed E-state index contributed by atoms with van der Waals surface area (Å²) in [5.74, 6) is 0.0479. The van der Waals surface area contributed by atoms with E-state index in [1.807, 2.05) is 32.9 Å². The topological polar surface area (TPSA) is 88.7 Å². The molecule has 0 spiro atoms. The van der Waals surface area contributed by atoms with E-state index in [0.717, 1.165) is 5.56 Å². The van der Waals surface area contributed by atoms with Crippen molar-refractivity contribution in [3.63, 3.8) is 0 Å². The van der Waals surface area contributed by atoms with E-state index in [1.165, 1.54) is 0 Å². The average molecular weight is 360 g/mol. The van der Waals surface area contributed by atoms with Crippen LogP contribution in [0.25, 0.3) is 0 Å². The first-order valence-corrected chi connectivity index (χ1v) is 8.63. The number of nitrogens with zero attached hydrogens (tertiary/aromatic N) is 5. The Morgan fingerprint density at radius 2 is 1.65 bits per heavy atom. The third-order valence-corrected chi connectivity index (χ3v) is 3.83. The standard InChI is InChI=1S/C18H26N5O3/c1-18(2,3)26-17(25)23-11-9-22(10-12-23)16(24)13-14-5-7-15(8-6-14)20-21-19-4/h5-8H,9-13H2,1-4H3/q+1. The summed E-state index contributed by atoms with van der Waals surface area (Å²) < 4.78 is 5.37. The molecule has 2 rings (SSSR count). The number of carbonyl (C=O) groups excluding carboxylic acids is 2. The van der Waals surface area contributed by atoms with Crippen LogP contribution < -0.4 is 4.91 Å². The van der Waals surface area contributed by atoms with Gasteiger partial charge in [0.15, 0.2) is 10.8 Å². The van der Waals surface area contributed by atoms with E-state index < -0.39 is 5.60 Å². The highest BCUT2D eigenvalue weighted by Crippen LogP contribution is 2.15. The molecule has 0 aliphatic carbocycles. The Morgan fingerprint density at radius 1 is 1.08 bits per heavy atom. The molecule has 2 amide bonds. The van der Waals surface area contributed by atoms with Gasteiger partial charge < -0.3 is 14.5 Å². The average Bonchev–Trinajstić information content (AvgIpc) is 2.60. The molecule has 26 heavy (non-hydrogen) atoms. The Hall–Kier alpha value is -2.73. The summed E-state index contributed by atoms with van der Waals surface area (Å²) in [6, 6.07) is 7.33. The van der Waals surface area contributed by atoms with Gasteiger partial charge in [0.1, 0.15) is 17.8 Å². The molecule has 0 N–H and O–H groups in total. The molecule has 0 bridgehead atoms. The Labute approximate surface area is 153 Å². The van der Waals surface area contributed by atoms with Gasteiger partial charge in [0.2, 0.25) is 10.8 Å². The molecule has 0 atom stereocenters. The van der Waals surface area contributed by atoms with Crippen LogP contribution >= 0.6 is 0 Å². The number of amides is 2. The van der Waals surface area contributed by atoms with Crippen molar-refractivity contribution in [2.24, 2.45) is 10.2 Å². The van der Waals surface area contributed by atoms with E-state index in [4.69, 9.17) is 4.74 Å². The van der Waals surface area contributed by atoms with Crippen LogP contribution in [-0.4, -0.2) is 60.6 Å². The van der Waals surface area contributed by atoms with E-state index in [9.17, 15) is 9.59 Å². The Kier molecular flexibility index (Phi) is 6.46. The molecular formula is C18H26N5O3+. The summed E-state index contributed by atoms with van der Waals surface area (Å²) in [6.45, 7) is 7.53. The number of hydrogen-bond acceptors (Lipinski definition) is 5. The molecule has 0 radical (unpaired) electrons. The first kappa shape index (κ1) is 19.6. The van der Waals surface area contributed by atoms with Gasteiger partial charge in [-0.1, -0.05) is 12.1 Å². The Bertz CT molecular complexity index is 695. The van der Waals surface area contributed by atoms with E-state index in [1.54, 1.807) is 29.0 Å². The molecule has 1 aromatic rings. The largest absolute Gasteiger partial charge is 0.444 e. The Balaban J connectivity index is 1.84. The third kappa shape index (κ3) is 5.97. The third-order valence-electron chi connectivity index (χ3n) is 3.83. The van der Waals surface area contributed by atoms with Crippen molar-refractivity contribution in [2.75, 3.05) is 33.2 Å². The van der Waals surface area contributed by atoms with Crippen LogP contribution in [-0.2, 0) is 16.0 Å². The molecule has 8 nitrogen and oxygen atoms in total. The maximum atomic E-state index is 12.5. The summed E-state index contributed by atoms with van der Waals surface area (Å²) in [7, 11) is 1.55. The highest BCUT2D eigenvalue weighted by atomic mass is 16.6. The number of benzene rings is 1. The quantitative estimate of drug-likeness (QED) is 0.613. The van der Waals surface area contributed by atoms with E-state index in [-0.39, 0.29) is 12.0 Å². The predicted molar refractivity (Wildman–Crippen MR) is 97.1 cm³/mol. The summed E-state index contributed by atoms with van der Waals surface area (Å²) in [5.41, 5.74) is 1.09. The maximum absolute atomic E-state index is 12.5. The van der Waals surface area contributed by atoms with Gasteiger partial charge in [0.25, 0.3) is 0 Å². The zero-order chi connectivity index (χ0) is 19.2. The first-order valence-electron chi connectivity index (χ1n) is 8.63. The van der Waals surface area contributed by atoms with Crippen LogP contribution in [0.2, 0.25) is 0 Å². The van der Waals surface area contributed by atoms with Crippen LogP contribution in [0.3, 0.4) is 0 Å². The summed E-state index contributed by atoms with van der Waals surface area (Å²) >= 11 is 0. The van der Waals surface area contributed by atoms with Gasteiger partial charge >= 0.3 is 6.09 Å². The number of piperazine rings is 1. The van der Waals surface area contributed by atoms with Gasteiger partial charge in [-0.15, -0.1) is 0 Å². The zero-order valence-corrected chi connectivity index (χ0v) is 15.8. The van der Waals surface area contributed by atoms with Crippen molar-refractivity contribution in [3.8, 4) is 0 Å². The highest BCUT2D eigenvalue weighted by molar-refractivity contribution is 5.79. The number of carbonyl (C=O) groups is 2. The van der Waals surface area contributed by atoms with Gasteiger partial charge in [-0.05, 0) is 38.5 Å². The molecule has 1 heterocycles. The summed E-state index contributed by atoms with van der Waals surface area (Å²) in [4.78, 5) is 31.5. The van der Waals surface area contributed by atoms with Crippen LogP contribution in [0.5, 0.6) is 0 Å². The fraction of sp³-hybridized carbons (Fsp3) is 0.556. The lowest BCUT2D eigenvalue weighted by atomic mass is 10.1. The van der Waals surface area contributed by atoms with E-state index in [0.29, 0.717) is 38.3 Å². The van der Waals surface area contributed by atoms with Gasteiger partial charge in [0, 0.05) is 26.2 Å².